The second-order valence-electron chi connectivity index (χ2n) is 6.19. The van der Waals surface area contributed by atoms with E-state index in [2.05, 4.69) is 10.1 Å². The molecule has 156 valence electrons. The number of carbonyl (C=O) groups excluding carboxylic acids is 4. The Bertz CT molecular complexity index is 1010. The molecule has 2 rings (SSSR count). The quantitative estimate of drug-likeness (QED) is 0.315. The van der Waals surface area contributed by atoms with Crippen LogP contribution in [-0.2, 0) is 14.3 Å². The maximum atomic E-state index is 12.4. The SMILES string of the molecule is COC(=O)c1cc(C(=O)O[C@H](C)C(=O)Nc2ccc(C(C)=O)cc2)cc([N+](=O)[O-])c1. The van der Waals surface area contributed by atoms with Crippen LogP contribution in [0.2, 0.25) is 0 Å². The highest BCUT2D eigenvalue weighted by molar-refractivity contribution is 6.00. The molecule has 0 aliphatic rings. The molecule has 2 aromatic carbocycles. The number of nitrogens with one attached hydrogen (secondary N) is 1. The van der Waals surface area contributed by atoms with Gasteiger partial charge in [0.15, 0.2) is 11.9 Å². The van der Waals surface area contributed by atoms with Crippen molar-refractivity contribution in [2.45, 2.75) is 20.0 Å². The maximum absolute atomic E-state index is 12.4. The van der Waals surface area contributed by atoms with Gasteiger partial charge >= 0.3 is 11.9 Å². The number of hydrogen-bond donors (Lipinski definition) is 1. The highest BCUT2D eigenvalue weighted by atomic mass is 16.6. The monoisotopic (exact) mass is 414 g/mol. The van der Waals surface area contributed by atoms with E-state index in [9.17, 15) is 29.3 Å². The van der Waals surface area contributed by atoms with Gasteiger partial charge in [-0.1, -0.05) is 0 Å². The molecular formula is C20H18N2O8. The Kier molecular flexibility index (Phi) is 6.97. The van der Waals surface area contributed by atoms with Gasteiger partial charge in [0.1, 0.15) is 0 Å². The molecule has 0 aromatic heterocycles. The summed E-state index contributed by atoms with van der Waals surface area (Å²) in [6, 6.07) is 9.08. The molecule has 0 fully saturated rings. The van der Waals surface area contributed by atoms with Gasteiger partial charge in [0.25, 0.3) is 11.6 Å². The minimum absolute atomic E-state index is 0.126. The zero-order chi connectivity index (χ0) is 22.4. The molecule has 0 saturated heterocycles. The molecule has 30 heavy (non-hydrogen) atoms. The summed E-state index contributed by atoms with van der Waals surface area (Å²) in [5.74, 6) is -2.68. The Hall–Kier alpha value is -4.08. The summed E-state index contributed by atoms with van der Waals surface area (Å²) in [4.78, 5) is 57.9. The van der Waals surface area contributed by atoms with E-state index in [0.29, 0.717) is 11.3 Å². The van der Waals surface area contributed by atoms with Crippen LogP contribution in [-0.4, -0.2) is 41.8 Å². The third-order valence-electron chi connectivity index (χ3n) is 4.00. The molecule has 1 amide bonds. The highest BCUT2D eigenvalue weighted by Gasteiger charge is 2.23. The van der Waals surface area contributed by atoms with Gasteiger partial charge in [-0.25, -0.2) is 9.59 Å². The molecule has 10 nitrogen and oxygen atoms in total. The predicted molar refractivity (Wildman–Crippen MR) is 104 cm³/mol. The van der Waals surface area contributed by atoms with Crippen molar-refractivity contribution in [2.24, 2.45) is 0 Å². The molecule has 0 spiro atoms. The lowest BCUT2D eigenvalue weighted by Gasteiger charge is -2.14. The second-order valence-corrected chi connectivity index (χ2v) is 6.19. The number of non-ortho nitro benzene ring substituents is 1. The Morgan fingerprint density at radius 3 is 2.03 bits per heavy atom. The van der Waals surface area contributed by atoms with E-state index >= 15 is 0 Å². The lowest BCUT2D eigenvalue weighted by atomic mass is 10.1. The third-order valence-corrected chi connectivity index (χ3v) is 4.00. The van der Waals surface area contributed by atoms with E-state index in [4.69, 9.17) is 4.74 Å². The number of methoxy groups -OCH3 is 1. The fourth-order valence-electron chi connectivity index (χ4n) is 2.38. The van der Waals surface area contributed by atoms with E-state index in [1.54, 1.807) is 0 Å². The number of nitro benzene ring substituents is 1. The number of amides is 1. The van der Waals surface area contributed by atoms with E-state index in [-0.39, 0.29) is 16.9 Å². The van der Waals surface area contributed by atoms with Crippen molar-refractivity contribution in [1.29, 1.82) is 0 Å². The van der Waals surface area contributed by atoms with Gasteiger partial charge in [0.05, 0.1) is 23.2 Å². The number of ether oxygens (including phenoxy) is 2. The number of hydrogen-bond acceptors (Lipinski definition) is 8. The van der Waals surface area contributed by atoms with Crippen molar-refractivity contribution in [3.63, 3.8) is 0 Å². The third kappa shape index (κ3) is 5.47. The van der Waals surface area contributed by atoms with Crippen molar-refractivity contribution in [3.8, 4) is 0 Å². The molecule has 0 bridgehead atoms. The number of Topliss-reactive ketones (excluding diaryl/α,β-unsaturated/α-hetero) is 1. The average molecular weight is 414 g/mol. The van der Waals surface area contributed by atoms with Gasteiger partial charge in [-0.2, -0.15) is 0 Å². The van der Waals surface area contributed by atoms with Crippen molar-refractivity contribution in [1.82, 2.24) is 0 Å². The van der Waals surface area contributed by atoms with Gasteiger partial charge in [-0.3, -0.25) is 19.7 Å². The fraction of sp³-hybridized carbons (Fsp3) is 0.200. The van der Waals surface area contributed by atoms with Gasteiger partial charge in [0.2, 0.25) is 0 Å². The van der Waals surface area contributed by atoms with Crippen LogP contribution in [0.15, 0.2) is 42.5 Å². The lowest BCUT2D eigenvalue weighted by molar-refractivity contribution is -0.384. The van der Waals surface area contributed by atoms with Crippen LogP contribution < -0.4 is 5.32 Å². The largest absolute Gasteiger partial charge is 0.465 e. The second kappa shape index (κ2) is 9.41. The lowest BCUT2D eigenvalue weighted by Crippen LogP contribution is -2.30. The number of ketones is 1. The first-order valence-electron chi connectivity index (χ1n) is 8.63. The zero-order valence-corrected chi connectivity index (χ0v) is 16.3. The standard InChI is InChI=1S/C20H18N2O8/c1-11(23)13-4-6-16(7-5-13)21-18(24)12(2)30-20(26)15-8-14(19(25)29-3)9-17(10-15)22(27)28/h4-10,12H,1-3H3,(H,21,24)/t12-/m1/s1. The Labute approximate surface area is 170 Å². The number of rotatable bonds is 7. The minimum Gasteiger partial charge on any atom is -0.465 e. The normalized spacial score (nSPS) is 11.2. The number of benzene rings is 2. The van der Waals surface area contributed by atoms with Crippen LogP contribution in [0.4, 0.5) is 11.4 Å². The Morgan fingerprint density at radius 1 is 0.967 bits per heavy atom. The first kappa shape index (κ1) is 22.2. The summed E-state index contributed by atoms with van der Waals surface area (Å²) < 4.78 is 9.57. The van der Waals surface area contributed by atoms with Crippen molar-refractivity contribution in [3.05, 3.63) is 69.3 Å². The van der Waals surface area contributed by atoms with Crippen molar-refractivity contribution in [2.75, 3.05) is 12.4 Å². The molecule has 0 radical (unpaired) electrons. The summed E-state index contributed by atoms with van der Waals surface area (Å²) >= 11 is 0. The van der Waals surface area contributed by atoms with E-state index in [0.717, 1.165) is 25.3 Å². The smallest absolute Gasteiger partial charge is 0.339 e. The Morgan fingerprint density at radius 2 is 1.53 bits per heavy atom. The van der Waals surface area contributed by atoms with Crippen molar-refractivity contribution < 1.29 is 33.6 Å². The fourth-order valence-corrected chi connectivity index (χ4v) is 2.38. The number of carbonyl (C=O) groups is 4. The summed E-state index contributed by atoms with van der Waals surface area (Å²) in [7, 11) is 1.09. The molecule has 1 N–H and O–H groups in total. The molecule has 0 aliphatic heterocycles. The number of anilines is 1. The minimum atomic E-state index is -1.24. The summed E-state index contributed by atoms with van der Waals surface area (Å²) in [5, 5.41) is 13.6. The summed E-state index contributed by atoms with van der Waals surface area (Å²) in [6.07, 6.45) is -1.24. The van der Waals surface area contributed by atoms with Crippen LogP contribution in [0, 0.1) is 10.1 Å². The van der Waals surface area contributed by atoms with Crippen LogP contribution in [0.5, 0.6) is 0 Å². The molecule has 1 atom stereocenters. The van der Waals surface area contributed by atoms with E-state index in [1.165, 1.54) is 38.1 Å². The first-order chi connectivity index (χ1) is 14.1. The van der Waals surface area contributed by atoms with E-state index in [1.807, 2.05) is 0 Å². The number of nitrogens with zero attached hydrogens (tertiary/aromatic N) is 1. The maximum Gasteiger partial charge on any atom is 0.339 e. The number of esters is 2. The molecule has 0 heterocycles. The van der Waals surface area contributed by atoms with Crippen LogP contribution in [0.25, 0.3) is 0 Å². The molecule has 0 unspecified atom stereocenters. The predicted octanol–water partition coefficient (Wildman–Crippen LogP) is 2.77. The van der Waals surface area contributed by atoms with Gasteiger partial charge in [-0.05, 0) is 44.2 Å². The van der Waals surface area contributed by atoms with Crippen LogP contribution >= 0.6 is 0 Å². The van der Waals surface area contributed by atoms with Gasteiger partial charge in [0, 0.05) is 23.4 Å². The summed E-state index contributed by atoms with van der Waals surface area (Å²) in [6.45, 7) is 2.73. The molecule has 10 heteroatoms. The Balaban J connectivity index is 2.13. The average Bonchev–Trinajstić information content (AvgIpc) is 2.72. The molecule has 0 aliphatic carbocycles. The summed E-state index contributed by atoms with van der Waals surface area (Å²) in [5.41, 5.74) is -0.139. The topological polar surface area (TPSA) is 142 Å². The van der Waals surface area contributed by atoms with Gasteiger partial charge < -0.3 is 14.8 Å². The zero-order valence-electron chi connectivity index (χ0n) is 16.3. The van der Waals surface area contributed by atoms with Gasteiger partial charge in [-0.15, -0.1) is 0 Å². The van der Waals surface area contributed by atoms with Crippen LogP contribution in [0.3, 0.4) is 0 Å². The first-order valence-corrected chi connectivity index (χ1v) is 8.63. The number of nitro groups is 1. The highest BCUT2D eigenvalue weighted by Crippen LogP contribution is 2.19. The van der Waals surface area contributed by atoms with Crippen LogP contribution in [0.1, 0.15) is 44.9 Å². The molecule has 2 aromatic rings. The van der Waals surface area contributed by atoms with E-state index < -0.39 is 34.6 Å². The molecule has 0 saturated carbocycles. The molecular weight excluding hydrogens is 396 g/mol. The van der Waals surface area contributed by atoms with Crippen molar-refractivity contribution >= 4 is 35.0 Å².